The number of aryl methyl sites for hydroxylation is 1. The van der Waals surface area contributed by atoms with Crippen LogP contribution in [0.15, 0.2) is 18.2 Å². The molecule has 0 saturated heterocycles. The summed E-state index contributed by atoms with van der Waals surface area (Å²) in [5.74, 6) is 1.80. The van der Waals surface area contributed by atoms with Crippen LogP contribution in [0.1, 0.15) is 18.1 Å². The van der Waals surface area contributed by atoms with E-state index in [0.29, 0.717) is 0 Å². The predicted octanol–water partition coefficient (Wildman–Crippen LogP) is 1.94. The first-order valence-corrected chi connectivity index (χ1v) is 4.26. The highest BCUT2D eigenvalue weighted by Crippen LogP contribution is 2.21. The molecule has 2 nitrogen and oxygen atoms in total. The quantitative estimate of drug-likeness (QED) is 0.768. The lowest BCUT2D eigenvalue weighted by molar-refractivity contribution is 0.314. The summed E-state index contributed by atoms with van der Waals surface area (Å²) in [4.78, 5) is 0. The van der Waals surface area contributed by atoms with Crippen LogP contribution in [-0.2, 0) is 0 Å². The van der Waals surface area contributed by atoms with Crippen LogP contribution in [0, 0.1) is 12.8 Å². The number of benzene rings is 1. The van der Waals surface area contributed by atoms with Gasteiger partial charge in [0.1, 0.15) is 5.75 Å². The fourth-order valence-corrected chi connectivity index (χ4v) is 1.20. The van der Waals surface area contributed by atoms with Crippen LogP contribution in [0.3, 0.4) is 0 Å². The number of methoxy groups -OCH3 is 1. The van der Waals surface area contributed by atoms with E-state index in [1.165, 1.54) is 0 Å². The molecule has 1 aromatic rings. The number of hydrogen-bond donors (Lipinski definition) is 1. The van der Waals surface area contributed by atoms with E-state index in [1.54, 1.807) is 7.11 Å². The van der Waals surface area contributed by atoms with Gasteiger partial charge in [0.25, 0.3) is 0 Å². The van der Waals surface area contributed by atoms with Gasteiger partial charge in [0.2, 0.25) is 0 Å². The van der Waals surface area contributed by atoms with Gasteiger partial charge in [-0.05, 0) is 30.2 Å². The van der Waals surface area contributed by atoms with Gasteiger partial charge in [-0.25, -0.2) is 0 Å². The molecule has 1 radical (unpaired) electrons. The molecule has 71 valence electrons. The van der Waals surface area contributed by atoms with Gasteiger partial charge in [-0.1, -0.05) is 13.0 Å². The molecule has 0 aliphatic heterocycles. The third-order valence-corrected chi connectivity index (χ3v) is 2.02. The number of rotatable bonds is 3. The van der Waals surface area contributed by atoms with E-state index in [1.807, 2.05) is 32.0 Å². The van der Waals surface area contributed by atoms with Crippen molar-refractivity contribution < 1.29 is 9.84 Å². The second-order valence-corrected chi connectivity index (χ2v) is 3.18. The van der Waals surface area contributed by atoms with E-state index in [4.69, 9.17) is 9.84 Å². The Kier molecular flexibility index (Phi) is 3.32. The van der Waals surface area contributed by atoms with Gasteiger partial charge in [0.05, 0.1) is 13.7 Å². The summed E-state index contributed by atoms with van der Waals surface area (Å²) in [7, 11) is 1.65. The Hall–Kier alpha value is -1.02. The smallest absolute Gasteiger partial charge is 0.119 e. The molecule has 0 unspecified atom stereocenters. The molecule has 0 fully saturated rings. The lowest BCUT2D eigenvalue weighted by Gasteiger charge is -2.10. The van der Waals surface area contributed by atoms with Gasteiger partial charge < -0.3 is 9.84 Å². The average Bonchev–Trinajstić information content (AvgIpc) is 2.15. The lowest BCUT2D eigenvalue weighted by atomic mass is 10.00. The van der Waals surface area contributed by atoms with Gasteiger partial charge in [-0.15, -0.1) is 0 Å². The largest absolute Gasteiger partial charge is 0.497 e. The van der Waals surface area contributed by atoms with E-state index in [2.05, 4.69) is 0 Å². The Morgan fingerprint density at radius 2 is 2.08 bits per heavy atom. The first-order valence-electron chi connectivity index (χ1n) is 4.26. The van der Waals surface area contributed by atoms with Crippen molar-refractivity contribution in [1.29, 1.82) is 0 Å². The molecule has 0 heterocycles. The molecule has 0 aliphatic rings. The van der Waals surface area contributed by atoms with Crippen LogP contribution in [-0.4, -0.2) is 18.8 Å². The summed E-state index contributed by atoms with van der Waals surface area (Å²) in [6, 6.07) is 5.93. The van der Waals surface area contributed by atoms with Crippen molar-refractivity contribution in [2.75, 3.05) is 13.7 Å². The molecule has 1 aromatic carbocycles. The van der Waals surface area contributed by atoms with E-state index >= 15 is 0 Å². The summed E-state index contributed by atoms with van der Waals surface area (Å²) < 4.78 is 5.14. The highest BCUT2D eigenvalue weighted by Gasteiger charge is 2.06. The van der Waals surface area contributed by atoms with Crippen LogP contribution < -0.4 is 4.74 Å². The maximum atomic E-state index is 8.96. The molecule has 0 amide bonds. The molecule has 0 aromatic heterocycles. The molecule has 1 N–H and O–H groups in total. The third-order valence-electron chi connectivity index (χ3n) is 2.02. The van der Waals surface area contributed by atoms with E-state index in [0.717, 1.165) is 22.8 Å². The fraction of sp³-hybridized carbons (Fsp3) is 0.364. The average molecular weight is 179 g/mol. The number of aliphatic hydroxyl groups is 1. The van der Waals surface area contributed by atoms with Crippen LogP contribution >= 0.6 is 0 Å². The summed E-state index contributed by atoms with van der Waals surface area (Å²) in [6.45, 7) is 4.01. The molecular weight excluding hydrogens is 164 g/mol. The van der Waals surface area contributed by atoms with Crippen LogP contribution in [0.2, 0.25) is 0 Å². The first kappa shape index (κ1) is 10.1. The van der Waals surface area contributed by atoms with Crippen molar-refractivity contribution in [3.05, 3.63) is 35.2 Å². The van der Waals surface area contributed by atoms with E-state index in [-0.39, 0.29) is 6.61 Å². The normalized spacial score (nSPS) is 10.5. The zero-order chi connectivity index (χ0) is 9.84. The minimum atomic E-state index is 0.0899. The van der Waals surface area contributed by atoms with Crippen LogP contribution in [0.5, 0.6) is 5.75 Å². The van der Waals surface area contributed by atoms with Crippen molar-refractivity contribution in [1.82, 2.24) is 0 Å². The molecule has 0 aliphatic carbocycles. The number of ether oxygens (including phenoxy) is 1. The second kappa shape index (κ2) is 4.28. The molecular formula is C11H15O2. The summed E-state index contributed by atoms with van der Waals surface area (Å²) in [5, 5.41) is 8.96. The molecule has 1 rings (SSSR count). The van der Waals surface area contributed by atoms with Crippen molar-refractivity contribution in [3.63, 3.8) is 0 Å². The van der Waals surface area contributed by atoms with Gasteiger partial charge in [0, 0.05) is 5.92 Å². The maximum absolute atomic E-state index is 8.96. The standard InChI is InChI=1S/C11H15O2/c1-8-4-10(9(2)7-12)6-11(5-8)13-3/h4-6,12H,7H2,1-3H3. The number of hydrogen-bond acceptors (Lipinski definition) is 2. The summed E-state index contributed by atoms with van der Waals surface area (Å²) in [5.41, 5.74) is 2.18. The monoisotopic (exact) mass is 179 g/mol. The minimum Gasteiger partial charge on any atom is -0.497 e. The SMILES string of the molecule is COc1cc(C)cc([C](C)CO)c1. The van der Waals surface area contributed by atoms with E-state index in [9.17, 15) is 0 Å². The Morgan fingerprint density at radius 3 is 2.62 bits per heavy atom. The maximum Gasteiger partial charge on any atom is 0.119 e. The minimum absolute atomic E-state index is 0.0899. The fourth-order valence-electron chi connectivity index (χ4n) is 1.20. The second-order valence-electron chi connectivity index (χ2n) is 3.18. The van der Waals surface area contributed by atoms with Crippen molar-refractivity contribution in [2.24, 2.45) is 0 Å². The van der Waals surface area contributed by atoms with Gasteiger partial charge in [-0.3, -0.25) is 0 Å². The Bertz CT molecular complexity index is 281. The van der Waals surface area contributed by atoms with Crippen molar-refractivity contribution >= 4 is 0 Å². The summed E-state index contributed by atoms with van der Waals surface area (Å²) >= 11 is 0. The van der Waals surface area contributed by atoms with Crippen molar-refractivity contribution in [2.45, 2.75) is 13.8 Å². The van der Waals surface area contributed by atoms with Crippen molar-refractivity contribution in [3.8, 4) is 5.75 Å². The van der Waals surface area contributed by atoms with Gasteiger partial charge >= 0.3 is 0 Å². The molecule has 0 saturated carbocycles. The molecule has 0 bridgehead atoms. The molecule has 13 heavy (non-hydrogen) atoms. The molecule has 0 atom stereocenters. The van der Waals surface area contributed by atoms with E-state index < -0.39 is 0 Å². The van der Waals surface area contributed by atoms with Crippen LogP contribution in [0.25, 0.3) is 0 Å². The van der Waals surface area contributed by atoms with Crippen LogP contribution in [0.4, 0.5) is 0 Å². The molecule has 0 spiro atoms. The summed E-state index contributed by atoms with van der Waals surface area (Å²) in [6.07, 6.45) is 0. The molecule has 2 heteroatoms. The lowest BCUT2D eigenvalue weighted by Crippen LogP contribution is -2.00. The zero-order valence-electron chi connectivity index (χ0n) is 8.29. The highest BCUT2D eigenvalue weighted by atomic mass is 16.5. The predicted molar refractivity (Wildman–Crippen MR) is 52.8 cm³/mol. The third kappa shape index (κ3) is 2.46. The Balaban J connectivity index is 3.01. The first-order chi connectivity index (χ1) is 6.17. The zero-order valence-corrected chi connectivity index (χ0v) is 8.29. The highest BCUT2D eigenvalue weighted by molar-refractivity contribution is 5.40. The van der Waals surface area contributed by atoms with Gasteiger partial charge in [-0.2, -0.15) is 0 Å². The Labute approximate surface area is 79.2 Å². The van der Waals surface area contributed by atoms with Gasteiger partial charge in [0.15, 0.2) is 0 Å². The Morgan fingerprint density at radius 1 is 1.38 bits per heavy atom. The topological polar surface area (TPSA) is 29.5 Å². The number of aliphatic hydroxyl groups excluding tert-OH is 1.